The molecule has 1 aromatic rings. The Labute approximate surface area is 86.5 Å². The van der Waals surface area contributed by atoms with Crippen LogP contribution in [0.2, 0.25) is 5.15 Å². The lowest BCUT2D eigenvalue weighted by Crippen LogP contribution is -2.26. The number of hydrogen-bond donors (Lipinski definition) is 0. The molecule has 1 aromatic heterocycles. The molecule has 0 spiro atoms. The van der Waals surface area contributed by atoms with Gasteiger partial charge in [0.05, 0.1) is 11.8 Å². The standard InChI is InChI=1S/C9H10ClFN2O/c1-3-13(2)9(14)7-4-6(11)5-12-8(7)10/h4-5H,3H2,1-2H3. The van der Waals surface area contributed by atoms with Gasteiger partial charge in [0.2, 0.25) is 0 Å². The zero-order chi connectivity index (χ0) is 10.7. The molecule has 0 aliphatic heterocycles. The van der Waals surface area contributed by atoms with Crippen LogP contribution in [-0.4, -0.2) is 29.4 Å². The maximum atomic E-state index is 12.8. The Morgan fingerprint density at radius 3 is 2.93 bits per heavy atom. The fourth-order valence-electron chi connectivity index (χ4n) is 0.922. The summed E-state index contributed by atoms with van der Waals surface area (Å²) in [6.45, 7) is 2.35. The van der Waals surface area contributed by atoms with Crippen LogP contribution in [0, 0.1) is 5.82 Å². The number of amides is 1. The molecule has 76 valence electrons. The molecule has 0 saturated heterocycles. The van der Waals surface area contributed by atoms with Crippen LogP contribution in [0.15, 0.2) is 12.3 Å². The zero-order valence-corrected chi connectivity index (χ0v) is 8.68. The van der Waals surface area contributed by atoms with Crippen LogP contribution in [0.1, 0.15) is 17.3 Å². The highest BCUT2D eigenvalue weighted by Gasteiger charge is 2.15. The van der Waals surface area contributed by atoms with Crippen LogP contribution in [0.3, 0.4) is 0 Å². The molecular formula is C9H10ClFN2O. The van der Waals surface area contributed by atoms with E-state index in [4.69, 9.17) is 11.6 Å². The van der Waals surface area contributed by atoms with Crippen molar-refractivity contribution in [1.29, 1.82) is 0 Å². The smallest absolute Gasteiger partial charge is 0.256 e. The quantitative estimate of drug-likeness (QED) is 0.709. The number of nitrogens with zero attached hydrogens (tertiary/aromatic N) is 2. The minimum Gasteiger partial charge on any atom is -0.342 e. The molecule has 1 amide bonds. The molecule has 0 atom stereocenters. The number of pyridine rings is 1. The molecule has 0 aromatic carbocycles. The van der Waals surface area contributed by atoms with Crippen molar-refractivity contribution in [2.24, 2.45) is 0 Å². The molecular weight excluding hydrogens is 207 g/mol. The number of rotatable bonds is 2. The van der Waals surface area contributed by atoms with E-state index in [-0.39, 0.29) is 16.6 Å². The molecule has 0 saturated carbocycles. The third kappa shape index (κ3) is 2.20. The maximum absolute atomic E-state index is 12.8. The van der Waals surface area contributed by atoms with E-state index in [2.05, 4.69) is 4.98 Å². The summed E-state index contributed by atoms with van der Waals surface area (Å²) in [5.41, 5.74) is 0.0935. The fraction of sp³-hybridized carbons (Fsp3) is 0.333. The summed E-state index contributed by atoms with van der Waals surface area (Å²) >= 11 is 5.67. The van der Waals surface area contributed by atoms with E-state index in [0.29, 0.717) is 6.54 Å². The first-order valence-corrected chi connectivity index (χ1v) is 4.50. The minimum atomic E-state index is -0.567. The Kier molecular flexibility index (Phi) is 3.41. The molecule has 0 unspecified atom stereocenters. The first-order valence-electron chi connectivity index (χ1n) is 4.12. The summed E-state index contributed by atoms with van der Waals surface area (Å²) in [7, 11) is 1.61. The molecule has 3 nitrogen and oxygen atoms in total. The number of halogens is 2. The largest absolute Gasteiger partial charge is 0.342 e. The third-order valence-corrected chi connectivity index (χ3v) is 2.16. The monoisotopic (exact) mass is 216 g/mol. The van der Waals surface area contributed by atoms with Crippen molar-refractivity contribution < 1.29 is 9.18 Å². The Morgan fingerprint density at radius 1 is 1.71 bits per heavy atom. The van der Waals surface area contributed by atoms with E-state index in [1.54, 1.807) is 7.05 Å². The Balaban J connectivity index is 3.06. The van der Waals surface area contributed by atoms with Crippen molar-refractivity contribution in [3.8, 4) is 0 Å². The molecule has 0 radical (unpaired) electrons. The van der Waals surface area contributed by atoms with Gasteiger partial charge in [0.1, 0.15) is 11.0 Å². The van der Waals surface area contributed by atoms with Gasteiger partial charge in [0.25, 0.3) is 5.91 Å². The second-order valence-electron chi connectivity index (χ2n) is 2.81. The number of hydrogen-bond acceptors (Lipinski definition) is 2. The Morgan fingerprint density at radius 2 is 2.36 bits per heavy atom. The second kappa shape index (κ2) is 4.37. The average molecular weight is 217 g/mol. The first kappa shape index (κ1) is 10.9. The highest BCUT2D eigenvalue weighted by Crippen LogP contribution is 2.15. The molecule has 5 heteroatoms. The van der Waals surface area contributed by atoms with E-state index in [1.807, 2.05) is 6.92 Å². The lowest BCUT2D eigenvalue weighted by atomic mass is 10.2. The van der Waals surface area contributed by atoms with E-state index in [1.165, 1.54) is 4.90 Å². The Hall–Kier alpha value is -1.16. The summed E-state index contributed by atoms with van der Waals surface area (Å²) in [5.74, 6) is -0.897. The number of carbonyl (C=O) groups is 1. The number of aromatic nitrogens is 1. The van der Waals surface area contributed by atoms with E-state index < -0.39 is 5.82 Å². The topological polar surface area (TPSA) is 33.2 Å². The highest BCUT2D eigenvalue weighted by molar-refractivity contribution is 6.32. The average Bonchev–Trinajstić information content (AvgIpc) is 2.19. The van der Waals surface area contributed by atoms with Gasteiger partial charge in [-0.3, -0.25) is 4.79 Å². The molecule has 0 aliphatic rings. The lowest BCUT2D eigenvalue weighted by Gasteiger charge is -2.14. The van der Waals surface area contributed by atoms with Gasteiger partial charge < -0.3 is 4.90 Å². The first-order chi connectivity index (χ1) is 6.56. The van der Waals surface area contributed by atoms with Gasteiger partial charge in [-0.1, -0.05) is 11.6 Å². The molecule has 14 heavy (non-hydrogen) atoms. The number of carbonyl (C=O) groups excluding carboxylic acids is 1. The van der Waals surface area contributed by atoms with E-state index in [0.717, 1.165) is 12.3 Å². The van der Waals surface area contributed by atoms with Gasteiger partial charge in [0, 0.05) is 13.6 Å². The second-order valence-corrected chi connectivity index (χ2v) is 3.17. The van der Waals surface area contributed by atoms with Crippen molar-refractivity contribution in [3.05, 3.63) is 28.8 Å². The van der Waals surface area contributed by atoms with Crippen molar-refractivity contribution in [2.75, 3.05) is 13.6 Å². The lowest BCUT2D eigenvalue weighted by molar-refractivity contribution is 0.0801. The summed E-state index contributed by atoms with van der Waals surface area (Å²) in [6.07, 6.45) is 0.977. The fourth-order valence-corrected chi connectivity index (χ4v) is 1.11. The highest BCUT2D eigenvalue weighted by atomic mass is 35.5. The van der Waals surface area contributed by atoms with Gasteiger partial charge in [-0.05, 0) is 13.0 Å². The molecule has 1 heterocycles. The van der Waals surface area contributed by atoms with Crippen LogP contribution in [0.4, 0.5) is 4.39 Å². The van der Waals surface area contributed by atoms with Gasteiger partial charge in [-0.2, -0.15) is 0 Å². The van der Waals surface area contributed by atoms with Crippen LogP contribution < -0.4 is 0 Å². The predicted molar refractivity (Wildman–Crippen MR) is 51.8 cm³/mol. The molecule has 0 bridgehead atoms. The Bertz CT molecular complexity index is 357. The normalized spacial score (nSPS) is 10.0. The van der Waals surface area contributed by atoms with Crippen LogP contribution in [0.5, 0.6) is 0 Å². The molecule has 0 fully saturated rings. The van der Waals surface area contributed by atoms with Crippen LogP contribution in [0.25, 0.3) is 0 Å². The third-order valence-electron chi connectivity index (χ3n) is 1.86. The summed E-state index contributed by atoms with van der Waals surface area (Å²) in [4.78, 5) is 16.6. The van der Waals surface area contributed by atoms with E-state index in [9.17, 15) is 9.18 Å². The minimum absolute atomic E-state index is 0.0247. The molecule has 0 N–H and O–H groups in total. The predicted octanol–water partition coefficient (Wildman–Crippen LogP) is 1.97. The molecule has 0 aliphatic carbocycles. The van der Waals surface area contributed by atoms with E-state index >= 15 is 0 Å². The van der Waals surface area contributed by atoms with Crippen molar-refractivity contribution in [3.63, 3.8) is 0 Å². The molecule has 1 rings (SSSR count). The van der Waals surface area contributed by atoms with Gasteiger partial charge in [-0.25, -0.2) is 9.37 Å². The van der Waals surface area contributed by atoms with Crippen molar-refractivity contribution >= 4 is 17.5 Å². The zero-order valence-electron chi connectivity index (χ0n) is 7.92. The SMILES string of the molecule is CCN(C)C(=O)c1cc(F)cnc1Cl. The van der Waals surface area contributed by atoms with Crippen LogP contribution in [-0.2, 0) is 0 Å². The maximum Gasteiger partial charge on any atom is 0.256 e. The summed E-state index contributed by atoms with van der Waals surface area (Å²) < 4.78 is 12.8. The van der Waals surface area contributed by atoms with Gasteiger partial charge in [-0.15, -0.1) is 0 Å². The summed E-state index contributed by atoms with van der Waals surface area (Å²) in [5, 5.41) is 0.0247. The van der Waals surface area contributed by atoms with Crippen molar-refractivity contribution in [2.45, 2.75) is 6.92 Å². The van der Waals surface area contributed by atoms with Crippen LogP contribution >= 0.6 is 11.6 Å². The van der Waals surface area contributed by atoms with Gasteiger partial charge in [0.15, 0.2) is 0 Å². The summed E-state index contributed by atoms with van der Waals surface area (Å²) in [6, 6.07) is 1.09. The van der Waals surface area contributed by atoms with Crippen molar-refractivity contribution in [1.82, 2.24) is 9.88 Å². The van der Waals surface area contributed by atoms with Gasteiger partial charge >= 0.3 is 0 Å².